The molecule has 0 radical (unpaired) electrons. The summed E-state index contributed by atoms with van der Waals surface area (Å²) in [4.78, 5) is 0. The highest BCUT2D eigenvalue weighted by atomic mass is 14.4. The normalized spacial score (nSPS) is 13.3. The Labute approximate surface area is 264 Å². The molecule has 0 nitrogen and oxygen atoms in total. The van der Waals surface area contributed by atoms with Crippen molar-refractivity contribution < 1.29 is 0 Å². The van der Waals surface area contributed by atoms with Crippen molar-refractivity contribution in [3.05, 3.63) is 169 Å². The number of rotatable bonds is 3. The van der Waals surface area contributed by atoms with Gasteiger partial charge < -0.3 is 0 Å². The van der Waals surface area contributed by atoms with Crippen LogP contribution in [0.3, 0.4) is 0 Å². The highest BCUT2D eigenvalue weighted by Gasteiger charge is 2.35. The fraction of sp³-hybridized carbons (Fsp3) is 0.0667. The molecular formula is C45H32. The maximum atomic E-state index is 2.46. The highest BCUT2D eigenvalue weighted by Crippen LogP contribution is 2.51. The molecule has 0 N–H and O–H groups in total. The molecule has 0 heteroatoms. The largest absolute Gasteiger partial charge is 0.0619 e. The van der Waals surface area contributed by atoms with E-state index in [4.69, 9.17) is 0 Å². The van der Waals surface area contributed by atoms with E-state index in [0.29, 0.717) is 0 Å². The first kappa shape index (κ1) is 26.0. The van der Waals surface area contributed by atoms with Gasteiger partial charge in [-0.3, -0.25) is 0 Å². The summed E-state index contributed by atoms with van der Waals surface area (Å²) >= 11 is 0. The van der Waals surface area contributed by atoms with Crippen molar-refractivity contribution in [1.82, 2.24) is 0 Å². The van der Waals surface area contributed by atoms with Gasteiger partial charge in [0.05, 0.1) is 0 Å². The summed E-state index contributed by atoms with van der Waals surface area (Å²) in [5, 5.41) is 7.69. The van der Waals surface area contributed by atoms with Crippen molar-refractivity contribution in [3.8, 4) is 44.5 Å². The molecule has 0 saturated heterocycles. The van der Waals surface area contributed by atoms with Gasteiger partial charge in [-0.2, -0.15) is 0 Å². The van der Waals surface area contributed by atoms with Crippen LogP contribution in [0.5, 0.6) is 0 Å². The lowest BCUT2D eigenvalue weighted by atomic mass is 9.80. The molecule has 0 aromatic heterocycles. The van der Waals surface area contributed by atoms with Crippen LogP contribution >= 0.6 is 0 Å². The van der Waals surface area contributed by atoms with Crippen molar-refractivity contribution in [2.75, 3.05) is 0 Å². The maximum absolute atomic E-state index is 2.46. The number of hydrogen-bond donors (Lipinski definition) is 0. The van der Waals surface area contributed by atoms with E-state index >= 15 is 0 Å². The van der Waals surface area contributed by atoms with E-state index in [1.165, 1.54) is 88.0 Å². The molecule has 9 rings (SSSR count). The van der Waals surface area contributed by atoms with E-state index in [2.05, 4.69) is 172 Å². The standard InChI is InChI=1S/C45H32/c1-45(2)41-18-10-9-13-35(41)36-26-25-34(28-42(36)45)44-39-16-7-5-14-37(39)43(38-15-6-8-17-40(38)44)31-22-19-30(20-23-31)33-24-21-29-11-3-4-12-32(29)27-33/h3-28H,1-2H3. The van der Waals surface area contributed by atoms with Gasteiger partial charge in [-0.1, -0.05) is 159 Å². The van der Waals surface area contributed by atoms with Crippen molar-refractivity contribution in [2.24, 2.45) is 0 Å². The lowest BCUT2D eigenvalue weighted by molar-refractivity contribution is 0.660. The van der Waals surface area contributed by atoms with Gasteiger partial charge in [0.15, 0.2) is 0 Å². The second-order valence-electron chi connectivity index (χ2n) is 12.9. The van der Waals surface area contributed by atoms with Crippen molar-refractivity contribution >= 4 is 32.3 Å². The molecule has 45 heavy (non-hydrogen) atoms. The highest BCUT2D eigenvalue weighted by molar-refractivity contribution is 6.21. The van der Waals surface area contributed by atoms with Gasteiger partial charge in [0.25, 0.3) is 0 Å². The maximum Gasteiger partial charge on any atom is 0.0159 e. The van der Waals surface area contributed by atoms with E-state index < -0.39 is 0 Å². The van der Waals surface area contributed by atoms with E-state index in [-0.39, 0.29) is 5.41 Å². The van der Waals surface area contributed by atoms with Crippen LogP contribution in [-0.4, -0.2) is 0 Å². The summed E-state index contributed by atoms with van der Waals surface area (Å²) in [5.74, 6) is 0. The molecule has 0 heterocycles. The molecule has 8 aromatic carbocycles. The summed E-state index contributed by atoms with van der Waals surface area (Å²) in [6.07, 6.45) is 0. The fourth-order valence-electron chi connectivity index (χ4n) is 7.81. The first-order valence-electron chi connectivity index (χ1n) is 15.9. The minimum atomic E-state index is -0.0414. The van der Waals surface area contributed by atoms with E-state index in [1.54, 1.807) is 0 Å². The third-order valence-electron chi connectivity index (χ3n) is 10.1. The molecule has 1 aliphatic carbocycles. The Balaban J connectivity index is 1.23. The van der Waals surface area contributed by atoms with Crippen molar-refractivity contribution in [1.29, 1.82) is 0 Å². The smallest absolute Gasteiger partial charge is 0.0159 e. The summed E-state index contributed by atoms with van der Waals surface area (Å²) in [6, 6.07) is 58.4. The van der Waals surface area contributed by atoms with Gasteiger partial charge in [-0.25, -0.2) is 0 Å². The van der Waals surface area contributed by atoms with E-state index in [1.807, 2.05) is 0 Å². The van der Waals surface area contributed by atoms with Crippen LogP contribution in [0.25, 0.3) is 76.8 Å². The molecule has 1 aliphatic rings. The Hall–Kier alpha value is -5.46. The van der Waals surface area contributed by atoms with Gasteiger partial charge in [0, 0.05) is 5.41 Å². The summed E-state index contributed by atoms with van der Waals surface area (Å²) in [5.41, 5.74) is 13.1. The van der Waals surface area contributed by atoms with Gasteiger partial charge in [0.1, 0.15) is 0 Å². The molecule has 0 fully saturated rings. The zero-order chi connectivity index (χ0) is 30.1. The summed E-state index contributed by atoms with van der Waals surface area (Å²) < 4.78 is 0. The van der Waals surface area contributed by atoms with Crippen LogP contribution in [0.15, 0.2) is 158 Å². The fourth-order valence-corrected chi connectivity index (χ4v) is 7.81. The molecule has 8 aromatic rings. The van der Waals surface area contributed by atoms with Gasteiger partial charge >= 0.3 is 0 Å². The third kappa shape index (κ3) is 3.92. The second-order valence-corrected chi connectivity index (χ2v) is 12.9. The lowest BCUT2D eigenvalue weighted by Gasteiger charge is -2.23. The van der Waals surface area contributed by atoms with E-state index in [0.717, 1.165) is 0 Å². The molecule has 0 saturated carbocycles. The minimum Gasteiger partial charge on any atom is -0.0619 e. The Morgan fingerprint density at radius 1 is 0.333 bits per heavy atom. The molecule has 0 amide bonds. The second kappa shape index (κ2) is 9.78. The van der Waals surface area contributed by atoms with Crippen LogP contribution in [0.4, 0.5) is 0 Å². The average Bonchev–Trinajstić information content (AvgIpc) is 3.32. The molecule has 0 unspecified atom stereocenters. The average molecular weight is 573 g/mol. The number of fused-ring (bicyclic) bond motifs is 6. The quantitative estimate of drug-likeness (QED) is 0.185. The lowest BCUT2D eigenvalue weighted by Crippen LogP contribution is -2.14. The zero-order valence-corrected chi connectivity index (χ0v) is 25.5. The van der Waals surface area contributed by atoms with Crippen molar-refractivity contribution in [3.63, 3.8) is 0 Å². The molecule has 0 spiro atoms. The Morgan fingerprint density at radius 3 is 1.51 bits per heavy atom. The molecule has 212 valence electrons. The van der Waals surface area contributed by atoms with Crippen LogP contribution in [0, 0.1) is 0 Å². The number of hydrogen-bond acceptors (Lipinski definition) is 0. The summed E-state index contributed by atoms with van der Waals surface area (Å²) in [6.45, 7) is 4.73. The Morgan fingerprint density at radius 2 is 0.822 bits per heavy atom. The predicted molar refractivity (Wildman–Crippen MR) is 193 cm³/mol. The SMILES string of the molecule is CC1(C)c2ccccc2-c2ccc(-c3c4ccccc4c(-c4ccc(-c5ccc6ccccc6c5)cc4)c4ccccc34)cc21. The first-order chi connectivity index (χ1) is 22.1. The van der Waals surface area contributed by atoms with Crippen LogP contribution in [0.1, 0.15) is 25.0 Å². The van der Waals surface area contributed by atoms with Gasteiger partial charge in [-0.15, -0.1) is 0 Å². The minimum absolute atomic E-state index is 0.0414. The van der Waals surface area contributed by atoms with Crippen molar-refractivity contribution in [2.45, 2.75) is 19.3 Å². The third-order valence-corrected chi connectivity index (χ3v) is 10.1. The number of benzene rings is 8. The first-order valence-corrected chi connectivity index (χ1v) is 15.9. The summed E-state index contributed by atoms with van der Waals surface area (Å²) in [7, 11) is 0. The van der Waals surface area contributed by atoms with E-state index in [9.17, 15) is 0 Å². The molecule has 0 aliphatic heterocycles. The monoisotopic (exact) mass is 572 g/mol. The van der Waals surface area contributed by atoms with Crippen LogP contribution < -0.4 is 0 Å². The molecular weight excluding hydrogens is 540 g/mol. The van der Waals surface area contributed by atoms with Crippen LogP contribution in [-0.2, 0) is 5.41 Å². The molecule has 0 bridgehead atoms. The Kier molecular flexibility index (Phi) is 5.64. The van der Waals surface area contributed by atoms with Crippen LogP contribution in [0.2, 0.25) is 0 Å². The zero-order valence-electron chi connectivity index (χ0n) is 25.5. The Bertz CT molecular complexity index is 2380. The molecule has 0 atom stereocenters. The topological polar surface area (TPSA) is 0 Å². The van der Waals surface area contributed by atoms with Gasteiger partial charge in [0.2, 0.25) is 0 Å². The predicted octanol–water partition coefficient (Wildman–Crippen LogP) is 12.5. The van der Waals surface area contributed by atoms with Gasteiger partial charge in [-0.05, 0) is 100 Å².